The Hall–Kier alpha value is -0.280. The molecular weight excluding hydrogens is 188 g/mol. The van der Waals surface area contributed by atoms with Gasteiger partial charge in [-0.05, 0) is 31.7 Å². The second kappa shape index (κ2) is 4.29. The number of carbonyl (C=O) groups is 1. The molecule has 1 saturated carbocycles. The van der Waals surface area contributed by atoms with Gasteiger partial charge in [0.05, 0.1) is 6.04 Å². The van der Waals surface area contributed by atoms with Crippen molar-refractivity contribution in [2.24, 2.45) is 5.92 Å². The maximum Gasteiger partial charge on any atom is 0.237 e. The topological polar surface area (TPSA) is 41.1 Å². The van der Waals surface area contributed by atoms with E-state index in [0.29, 0.717) is 6.04 Å². The van der Waals surface area contributed by atoms with Crippen LogP contribution in [0.15, 0.2) is 0 Å². The predicted molar refractivity (Wildman–Crippen MR) is 54.0 cm³/mol. The molecule has 2 N–H and O–H groups in total. The van der Waals surface area contributed by atoms with Gasteiger partial charge in [-0.1, -0.05) is 6.92 Å². The van der Waals surface area contributed by atoms with Crippen molar-refractivity contribution in [1.29, 1.82) is 0 Å². The van der Waals surface area contributed by atoms with E-state index in [1.165, 1.54) is 12.8 Å². The van der Waals surface area contributed by atoms with Crippen LogP contribution in [-0.4, -0.2) is 24.5 Å². The third-order valence-electron chi connectivity index (χ3n) is 2.86. The highest BCUT2D eigenvalue weighted by Gasteiger charge is 2.31. The molecule has 0 bridgehead atoms. The van der Waals surface area contributed by atoms with Crippen LogP contribution in [0.4, 0.5) is 0 Å². The first-order valence-electron chi connectivity index (χ1n) is 4.79. The molecule has 0 unspecified atom stereocenters. The van der Waals surface area contributed by atoms with Gasteiger partial charge < -0.3 is 10.6 Å². The summed E-state index contributed by atoms with van der Waals surface area (Å²) < 4.78 is 0. The highest BCUT2D eigenvalue weighted by Crippen LogP contribution is 2.26. The van der Waals surface area contributed by atoms with Crippen molar-refractivity contribution in [3.8, 4) is 0 Å². The number of carbonyl (C=O) groups excluding carboxylic acids is 1. The molecule has 1 atom stereocenters. The minimum Gasteiger partial charge on any atom is -0.352 e. The molecule has 1 heterocycles. The second-order valence-electron chi connectivity index (χ2n) is 4.08. The number of hydrogen-bond donors (Lipinski definition) is 2. The average Bonchev–Trinajstić information content (AvgIpc) is 1.79. The lowest BCUT2D eigenvalue weighted by Crippen LogP contribution is -2.56. The summed E-state index contributed by atoms with van der Waals surface area (Å²) in [5.74, 6) is 1.02. The standard InChI is InChI=1S/C9H16N2O.ClH/c1-6-4-7(5-6)11-9(12)8-2-3-10-8;/h6-8,10H,2-5H2,1H3,(H,11,12);1H/t6?,7?,8-;/m1./s1. The smallest absolute Gasteiger partial charge is 0.237 e. The molecule has 1 aliphatic carbocycles. The van der Waals surface area contributed by atoms with E-state index >= 15 is 0 Å². The van der Waals surface area contributed by atoms with E-state index in [4.69, 9.17) is 0 Å². The van der Waals surface area contributed by atoms with Gasteiger partial charge >= 0.3 is 0 Å². The Morgan fingerprint density at radius 2 is 2.08 bits per heavy atom. The van der Waals surface area contributed by atoms with Crippen molar-refractivity contribution in [2.75, 3.05) is 6.54 Å². The lowest BCUT2D eigenvalue weighted by molar-refractivity contribution is -0.126. The first kappa shape index (κ1) is 10.8. The summed E-state index contributed by atoms with van der Waals surface area (Å²) in [6.07, 6.45) is 3.34. The minimum atomic E-state index is 0. The van der Waals surface area contributed by atoms with Gasteiger partial charge in [-0.2, -0.15) is 0 Å². The second-order valence-corrected chi connectivity index (χ2v) is 4.08. The molecule has 0 spiro atoms. The first-order valence-corrected chi connectivity index (χ1v) is 4.79. The van der Waals surface area contributed by atoms with Crippen LogP contribution >= 0.6 is 12.4 Å². The summed E-state index contributed by atoms with van der Waals surface area (Å²) in [5.41, 5.74) is 0. The lowest BCUT2D eigenvalue weighted by Gasteiger charge is -2.36. The third kappa shape index (κ3) is 2.35. The van der Waals surface area contributed by atoms with Crippen molar-refractivity contribution < 1.29 is 4.79 Å². The fourth-order valence-corrected chi connectivity index (χ4v) is 1.83. The van der Waals surface area contributed by atoms with E-state index in [0.717, 1.165) is 18.9 Å². The SMILES string of the molecule is CC1CC(NC(=O)[C@H]2CCN2)C1.Cl. The Balaban J connectivity index is 0.000000845. The lowest BCUT2D eigenvalue weighted by atomic mass is 9.81. The third-order valence-corrected chi connectivity index (χ3v) is 2.86. The summed E-state index contributed by atoms with van der Waals surface area (Å²) in [6, 6.07) is 0.579. The van der Waals surface area contributed by atoms with Gasteiger partial charge in [0.1, 0.15) is 0 Å². The Bertz CT molecular complexity index is 188. The molecule has 13 heavy (non-hydrogen) atoms. The number of amides is 1. The fraction of sp³-hybridized carbons (Fsp3) is 0.889. The Morgan fingerprint density at radius 1 is 1.46 bits per heavy atom. The summed E-state index contributed by atoms with van der Waals surface area (Å²) >= 11 is 0. The molecule has 0 aromatic carbocycles. The summed E-state index contributed by atoms with van der Waals surface area (Å²) in [6.45, 7) is 3.23. The average molecular weight is 205 g/mol. The monoisotopic (exact) mass is 204 g/mol. The molecule has 2 fully saturated rings. The molecule has 3 nitrogen and oxygen atoms in total. The molecule has 2 rings (SSSR count). The van der Waals surface area contributed by atoms with Crippen molar-refractivity contribution in [3.63, 3.8) is 0 Å². The van der Waals surface area contributed by atoms with E-state index in [1.807, 2.05) is 0 Å². The fourth-order valence-electron chi connectivity index (χ4n) is 1.83. The molecule has 1 amide bonds. The molecule has 0 aromatic rings. The van der Waals surface area contributed by atoms with Crippen molar-refractivity contribution >= 4 is 18.3 Å². The van der Waals surface area contributed by atoms with Crippen molar-refractivity contribution in [2.45, 2.75) is 38.3 Å². The Labute approximate surface area is 85.1 Å². The molecule has 2 aliphatic rings. The van der Waals surface area contributed by atoms with Gasteiger partial charge in [-0.25, -0.2) is 0 Å². The Kier molecular flexibility index (Phi) is 3.56. The molecule has 0 radical (unpaired) electrons. The van der Waals surface area contributed by atoms with Gasteiger partial charge in [0, 0.05) is 6.04 Å². The quantitative estimate of drug-likeness (QED) is 0.695. The zero-order valence-electron chi connectivity index (χ0n) is 7.88. The summed E-state index contributed by atoms with van der Waals surface area (Å²) in [5, 5.41) is 6.15. The van der Waals surface area contributed by atoms with Crippen LogP contribution in [0.3, 0.4) is 0 Å². The summed E-state index contributed by atoms with van der Waals surface area (Å²) in [7, 11) is 0. The number of halogens is 1. The van der Waals surface area contributed by atoms with E-state index in [2.05, 4.69) is 17.6 Å². The van der Waals surface area contributed by atoms with Crippen LogP contribution in [0.1, 0.15) is 26.2 Å². The van der Waals surface area contributed by atoms with Gasteiger partial charge in [-0.3, -0.25) is 4.79 Å². The van der Waals surface area contributed by atoms with E-state index in [1.54, 1.807) is 0 Å². The largest absolute Gasteiger partial charge is 0.352 e. The molecule has 76 valence electrons. The predicted octanol–water partition coefficient (Wildman–Crippen LogP) is 0.685. The van der Waals surface area contributed by atoms with Crippen LogP contribution in [0.2, 0.25) is 0 Å². The van der Waals surface area contributed by atoms with Crippen LogP contribution in [-0.2, 0) is 4.79 Å². The van der Waals surface area contributed by atoms with Gasteiger partial charge in [0.15, 0.2) is 0 Å². The van der Waals surface area contributed by atoms with Crippen LogP contribution in [0.25, 0.3) is 0 Å². The number of rotatable bonds is 2. The number of nitrogens with one attached hydrogen (secondary N) is 2. The minimum absolute atomic E-state index is 0. The van der Waals surface area contributed by atoms with Gasteiger partial charge in [0.2, 0.25) is 5.91 Å². The van der Waals surface area contributed by atoms with E-state index in [-0.39, 0.29) is 24.4 Å². The van der Waals surface area contributed by atoms with Crippen molar-refractivity contribution in [3.05, 3.63) is 0 Å². The van der Waals surface area contributed by atoms with E-state index in [9.17, 15) is 4.79 Å². The highest BCUT2D eigenvalue weighted by molar-refractivity contribution is 5.85. The Morgan fingerprint density at radius 3 is 2.46 bits per heavy atom. The van der Waals surface area contributed by atoms with Gasteiger partial charge in [-0.15, -0.1) is 12.4 Å². The van der Waals surface area contributed by atoms with Gasteiger partial charge in [0.25, 0.3) is 0 Å². The molecular formula is C9H17ClN2O. The van der Waals surface area contributed by atoms with E-state index < -0.39 is 0 Å². The zero-order chi connectivity index (χ0) is 8.55. The van der Waals surface area contributed by atoms with Crippen LogP contribution in [0, 0.1) is 5.92 Å². The van der Waals surface area contributed by atoms with Crippen molar-refractivity contribution in [1.82, 2.24) is 10.6 Å². The zero-order valence-corrected chi connectivity index (χ0v) is 8.69. The summed E-state index contributed by atoms with van der Waals surface area (Å²) in [4.78, 5) is 11.4. The van der Waals surface area contributed by atoms with Crippen LogP contribution < -0.4 is 10.6 Å². The maximum absolute atomic E-state index is 11.4. The molecule has 1 aliphatic heterocycles. The normalized spacial score (nSPS) is 36.5. The first-order chi connectivity index (χ1) is 5.75. The molecule has 1 saturated heterocycles. The number of hydrogen-bond acceptors (Lipinski definition) is 2. The molecule has 4 heteroatoms. The maximum atomic E-state index is 11.4. The highest BCUT2D eigenvalue weighted by atomic mass is 35.5. The van der Waals surface area contributed by atoms with Crippen LogP contribution in [0.5, 0.6) is 0 Å². The molecule has 0 aromatic heterocycles.